The highest BCUT2D eigenvalue weighted by Gasteiger charge is 2.20. The van der Waals surface area contributed by atoms with Crippen molar-refractivity contribution in [3.8, 4) is 6.26 Å². The topological polar surface area (TPSA) is 59.3 Å². The number of hydrogen-bond acceptors (Lipinski definition) is 5. The van der Waals surface area contributed by atoms with E-state index in [-0.39, 0.29) is 17.3 Å². The molecule has 0 aliphatic rings. The van der Waals surface area contributed by atoms with Crippen molar-refractivity contribution in [2.75, 3.05) is 6.61 Å². The molecule has 5 heteroatoms. The Bertz CT molecular complexity index is 371. The summed E-state index contributed by atoms with van der Waals surface area (Å²) in [5.41, 5.74) is 0. The van der Waals surface area contributed by atoms with Gasteiger partial charge in [0.25, 0.3) is 6.26 Å². The summed E-state index contributed by atoms with van der Waals surface area (Å²) in [6.07, 6.45) is 17.8. The minimum atomic E-state index is -0.200. The number of rotatable bonds is 18. The molecule has 0 heterocycles. The van der Waals surface area contributed by atoms with Gasteiger partial charge in [0.05, 0.1) is 0 Å². The number of nitrogens with zero attached hydrogens (tertiary/aromatic N) is 1. The fourth-order valence-electron chi connectivity index (χ4n) is 3.14. The number of esters is 1. The first-order valence-corrected chi connectivity index (χ1v) is 11.0. The number of nitriles is 1. The quantitative estimate of drug-likeness (QED) is 0.132. The molecule has 152 valence electrons. The van der Waals surface area contributed by atoms with Crippen molar-refractivity contribution in [2.45, 2.75) is 115 Å². The summed E-state index contributed by atoms with van der Waals surface area (Å²) < 4.78 is 10.2. The van der Waals surface area contributed by atoms with Crippen LogP contribution in [0.2, 0.25) is 0 Å². The van der Waals surface area contributed by atoms with Crippen LogP contribution in [0.3, 0.4) is 0 Å². The molecule has 0 fully saturated rings. The summed E-state index contributed by atoms with van der Waals surface area (Å²) in [6.45, 7) is 4.25. The Morgan fingerprint density at radius 1 is 0.923 bits per heavy atom. The Labute approximate surface area is 166 Å². The van der Waals surface area contributed by atoms with E-state index in [2.05, 4.69) is 11.7 Å². The molecule has 0 amide bonds. The van der Waals surface area contributed by atoms with E-state index in [0.29, 0.717) is 6.61 Å². The predicted molar refractivity (Wildman–Crippen MR) is 110 cm³/mol. The average Bonchev–Trinajstić information content (AvgIpc) is 2.61. The molecule has 0 N–H and O–H groups in total. The lowest BCUT2D eigenvalue weighted by Gasteiger charge is -2.23. The van der Waals surface area contributed by atoms with Crippen LogP contribution in [0.4, 0.5) is 0 Å². The number of carbonyl (C=O) groups is 1. The van der Waals surface area contributed by atoms with Gasteiger partial charge in [0.2, 0.25) is 0 Å². The molecule has 0 aliphatic heterocycles. The van der Waals surface area contributed by atoms with Gasteiger partial charge >= 0.3 is 5.97 Å². The predicted octanol–water partition coefficient (Wildman–Crippen LogP) is 6.20. The van der Waals surface area contributed by atoms with E-state index in [0.717, 1.165) is 44.9 Å². The van der Waals surface area contributed by atoms with Crippen LogP contribution in [-0.4, -0.2) is 23.9 Å². The molecule has 0 bridgehead atoms. The molecule has 0 aromatic heterocycles. The number of hydrogen-bond donors (Lipinski definition) is 1. The summed E-state index contributed by atoms with van der Waals surface area (Å²) in [7, 11) is 0. The first-order chi connectivity index (χ1) is 12.6. The van der Waals surface area contributed by atoms with E-state index in [1.54, 1.807) is 6.26 Å². The molecule has 4 nitrogen and oxygen atoms in total. The van der Waals surface area contributed by atoms with E-state index in [1.165, 1.54) is 51.9 Å². The van der Waals surface area contributed by atoms with Crippen LogP contribution in [0.15, 0.2) is 0 Å². The van der Waals surface area contributed by atoms with Crippen LogP contribution in [0.5, 0.6) is 0 Å². The fraction of sp³-hybridized carbons (Fsp3) is 0.905. The Morgan fingerprint density at radius 3 is 2.04 bits per heavy atom. The highest BCUT2D eigenvalue weighted by atomic mass is 32.1. The van der Waals surface area contributed by atoms with Gasteiger partial charge in [-0.1, -0.05) is 71.1 Å². The van der Waals surface area contributed by atoms with Crippen LogP contribution >= 0.6 is 12.6 Å². The van der Waals surface area contributed by atoms with E-state index in [1.807, 2.05) is 0 Å². The summed E-state index contributed by atoms with van der Waals surface area (Å²) in [6, 6.07) is 0. The molecule has 26 heavy (non-hydrogen) atoms. The molecule has 2 unspecified atom stereocenters. The lowest BCUT2D eigenvalue weighted by molar-refractivity contribution is -0.146. The van der Waals surface area contributed by atoms with Crippen molar-refractivity contribution in [3.63, 3.8) is 0 Å². The number of unbranched alkanes of at least 4 members (excludes halogenated alkanes) is 10. The van der Waals surface area contributed by atoms with E-state index in [4.69, 9.17) is 22.6 Å². The van der Waals surface area contributed by atoms with E-state index in [9.17, 15) is 4.79 Å². The molecule has 0 saturated carbocycles. The summed E-state index contributed by atoms with van der Waals surface area (Å²) in [4.78, 5) is 11.4. The first-order valence-electron chi connectivity index (χ1n) is 10.5. The Morgan fingerprint density at radius 2 is 1.46 bits per heavy atom. The van der Waals surface area contributed by atoms with Gasteiger partial charge in [-0.25, -0.2) is 0 Å². The summed E-state index contributed by atoms with van der Waals surface area (Å²) in [5, 5.41) is 8.43. The molecule has 0 aromatic carbocycles. The molecule has 0 spiro atoms. The Balaban J connectivity index is 3.83. The lowest BCUT2D eigenvalue weighted by atomic mass is 10.0. The molecule has 0 aromatic rings. The highest BCUT2D eigenvalue weighted by Crippen LogP contribution is 2.21. The minimum Gasteiger partial charge on any atom is -0.461 e. The van der Waals surface area contributed by atoms with Crippen molar-refractivity contribution in [2.24, 2.45) is 0 Å². The molecular formula is C21H39NO3S. The fourth-order valence-corrected chi connectivity index (χ4v) is 3.53. The van der Waals surface area contributed by atoms with Crippen molar-refractivity contribution in [3.05, 3.63) is 0 Å². The molecular weight excluding hydrogens is 346 g/mol. The number of ether oxygens (including phenoxy) is 2. The van der Waals surface area contributed by atoms with Gasteiger partial charge in [0, 0.05) is 12.2 Å². The Kier molecular flexibility index (Phi) is 18.2. The molecule has 0 saturated heterocycles. The number of carbonyl (C=O) groups excluding carboxylic acids is 1. The van der Waals surface area contributed by atoms with Gasteiger partial charge in [0.15, 0.2) is 0 Å². The van der Waals surface area contributed by atoms with Crippen molar-refractivity contribution >= 4 is 18.6 Å². The van der Waals surface area contributed by atoms with Crippen molar-refractivity contribution in [1.82, 2.24) is 0 Å². The van der Waals surface area contributed by atoms with Crippen molar-refractivity contribution in [1.29, 1.82) is 5.26 Å². The van der Waals surface area contributed by atoms with E-state index < -0.39 is 0 Å². The monoisotopic (exact) mass is 385 g/mol. The van der Waals surface area contributed by atoms with Crippen LogP contribution in [0, 0.1) is 11.5 Å². The van der Waals surface area contributed by atoms with E-state index >= 15 is 0 Å². The zero-order valence-electron chi connectivity index (χ0n) is 16.9. The van der Waals surface area contributed by atoms with Gasteiger partial charge in [-0.05, 0) is 25.7 Å². The average molecular weight is 386 g/mol. The van der Waals surface area contributed by atoms with Crippen LogP contribution in [0.25, 0.3) is 0 Å². The SMILES string of the molecule is CCCCCCCCC(S)C(CCCCCCCCOC#N)OC(C)=O. The molecule has 0 aliphatic carbocycles. The highest BCUT2D eigenvalue weighted by molar-refractivity contribution is 7.81. The largest absolute Gasteiger partial charge is 0.461 e. The molecule has 0 rings (SSSR count). The standard InChI is InChI=1S/C21H39NO3S/c1-3-4-5-6-10-13-16-21(26)20(25-19(2)23)15-12-9-7-8-11-14-17-24-18-22/h20-21,26H,3-17H2,1-2H3. The van der Waals surface area contributed by atoms with Gasteiger partial charge in [-0.3, -0.25) is 4.79 Å². The second-order valence-electron chi connectivity index (χ2n) is 7.12. The third-order valence-electron chi connectivity index (χ3n) is 4.65. The third-order valence-corrected chi connectivity index (χ3v) is 5.24. The first kappa shape index (κ1) is 25.1. The van der Waals surface area contributed by atoms with Gasteiger partial charge in [-0.2, -0.15) is 17.9 Å². The maximum atomic E-state index is 11.4. The van der Waals surface area contributed by atoms with Crippen LogP contribution in [0.1, 0.15) is 104 Å². The molecule has 0 radical (unpaired) electrons. The zero-order chi connectivity index (χ0) is 19.5. The summed E-state index contributed by atoms with van der Waals surface area (Å²) in [5.74, 6) is -0.200. The Hall–Kier alpha value is -0.890. The van der Waals surface area contributed by atoms with Gasteiger partial charge in [-0.15, -0.1) is 0 Å². The zero-order valence-corrected chi connectivity index (χ0v) is 17.8. The van der Waals surface area contributed by atoms with Crippen molar-refractivity contribution < 1.29 is 14.3 Å². The van der Waals surface area contributed by atoms with Gasteiger partial charge in [0.1, 0.15) is 12.7 Å². The third kappa shape index (κ3) is 16.6. The second-order valence-corrected chi connectivity index (χ2v) is 7.78. The normalized spacial score (nSPS) is 13.0. The summed E-state index contributed by atoms with van der Waals surface area (Å²) >= 11 is 4.72. The maximum absolute atomic E-state index is 11.4. The van der Waals surface area contributed by atoms with Crippen LogP contribution < -0.4 is 0 Å². The van der Waals surface area contributed by atoms with Crippen LogP contribution in [-0.2, 0) is 14.3 Å². The maximum Gasteiger partial charge on any atom is 0.302 e. The van der Waals surface area contributed by atoms with Gasteiger partial charge < -0.3 is 9.47 Å². The minimum absolute atomic E-state index is 0.0597. The lowest BCUT2D eigenvalue weighted by Crippen LogP contribution is -2.27. The number of thiol groups is 1. The second kappa shape index (κ2) is 18.9. The smallest absolute Gasteiger partial charge is 0.302 e. The molecule has 2 atom stereocenters.